The maximum absolute atomic E-state index is 13.0. The Hall–Kier alpha value is -2.09. The Morgan fingerprint density at radius 3 is 2.90 bits per heavy atom. The van der Waals surface area contributed by atoms with E-state index in [0.29, 0.717) is 11.7 Å². The molecule has 0 spiro atoms. The number of amides is 1. The van der Waals surface area contributed by atoms with E-state index in [9.17, 15) is 4.79 Å². The van der Waals surface area contributed by atoms with Crippen LogP contribution < -0.4 is 10.2 Å². The van der Waals surface area contributed by atoms with Crippen molar-refractivity contribution in [3.8, 4) is 0 Å². The summed E-state index contributed by atoms with van der Waals surface area (Å²) in [6, 6.07) is 13.8. The lowest BCUT2D eigenvalue weighted by Crippen LogP contribution is -2.16. The first-order valence-electron chi connectivity index (χ1n) is 10.6. The van der Waals surface area contributed by atoms with Gasteiger partial charge in [0.05, 0.1) is 21.9 Å². The molecular weight excluding hydrogens is 414 g/mol. The Kier molecular flexibility index (Phi) is 5.93. The van der Waals surface area contributed by atoms with E-state index in [4.69, 9.17) is 9.72 Å². The number of thiazole rings is 1. The summed E-state index contributed by atoms with van der Waals surface area (Å²) in [5.74, 6) is 0.810. The van der Waals surface area contributed by atoms with Crippen molar-refractivity contribution in [1.29, 1.82) is 0 Å². The first kappa shape index (κ1) is 19.8. The summed E-state index contributed by atoms with van der Waals surface area (Å²) in [4.78, 5) is 21.1. The molecule has 1 aromatic heterocycles. The smallest absolute Gasteiger partial charge is 0.256 e. The van der Waals surface area contributed by atoms with E-state index in [1.165, 1.54) is 12.8 Å². The van der Waals surface area contributed by atoms with E-state index >= 15 is 0 Å². The zero-order valence-corrected chi connectivity index (χ0v) is 18.4. The minimum absolute atomic E-state index is 0.0749. The van der Waals surface area contributed by atoms with Gasteiger partial charge < -0.3 is 15.0 Å². The van der Waals surface area contributed by atoms with Gasteiger partial charge in [0.25, 0.3) is 5.91 Å². The van der Waals surface area contributed by atoms with E-state index in [-0.39, 0.29) is 5.91 Å². The lowest BCUT2D eigenvalue weighted by molar-refractivity contribution is 0.102. The Balaban J connectivity index is 1.30. The number of hydrogen-bond donors (Lipinski definition) is 1. The van der Waals surface area contributed by atoms with Crippen molar-refractivity contribution in [3.63, 3.8) is 0 Å². The highest BCUT2D eigenvalue weighted by atomic mass is 32.2. The molecule has 7 heteroatoms. The Bertz CT molecular complexity index is 1040. The topological polar surface area (TPSA) is 54.5 Å². The number of carbonyl (C=O) groups is 1. The van der Waals surface area contributed by atoms with Gasteiger partial charge in [0.1, 0.15) is 0 Å². The Labute approximate surface area is 184 Å². The molecule has 2 aliphatic rings. The van der Waals surface area contributed by atoms with Gasteiger partial charge >= 0.3 is 0 Å². The minimum atomic E-state index is -0.0749. The average Bonchev–Trinajstić information content (AvgIpc) is 3.53. The van der Waals surface area contributed by atoms with Crippen LogP contribution in [-0.2, 0) is 4.74 Å². The molecule has 1 amide bonds. The third-order valence-electron chi connectivity index (χ3n) is 5.59. The highest BCUT2D eigenvalue weighted by molar-refractivity contribution is 7.99. The third-order valence-corrected chi connectivity index (χ3v) is 7.88. The van der Waals surface area contributed by atoms with Gasteiger partial charge in [0.2, 0.25) is 0 Å². The van der Waals surface area contributed by atoms with Gasteiger partial charge in [-0.15, -0.1) is 11.8 Å². The number of hydrogen-bond acceptors (Lipinski definition) is 6. The lowest BCUT2D eigenvalue weighted by Gasteiger charge is -2.12. The summed E-state index contributed by atoms with van der Waals surface area (Å²) < 4.78 is 6.83. The fraction of sp³-hybridized carbons (Fsp3) is 0.391. The summed E-state index contributed by atoms with van der Waals surface area (Å²) in [5.41, 5.74) is 2.51. The number of aromatic nitrogens is 1. The minimum Gasteiger partial charge on any atom is -0.377 e. The number of carbonyl (C=O) groups excluding carboxylic acids is 1. The van der Waals surface area contributed by atoms with Crippen LogP contribution in [0.3, 0.4) is 0 Å². The van der Waals surface area contributed by atoms with E-state index in [1.54, 1.807) is 23.1 Å². The molecule has 0 saturated carbocycles. The zero-order valence-electron chi connectivity index (χ0n) is 16.8. The zero-order chi connectivity index (χ0) is 20.3. The summed E-state index contributed by atoms with van der Waals surface area (Å²) in [6.07, 6.45) is 5.01. The first-order chi connectivity index (χ1) is 14.8. The molecule has 0 radical (unpaired) electrons. The first-order valence-corrected chi connectivity index (χ1v) is 12.4. The Morgan fingerprint density at radius 2 is 2.07 bits per heavy atom. The molecule has 0 bridgehead atoms. The number of rotatable bonds is 6. The van der Waals surface area contributed by atoms with E-state index < -0.39 is 0 Å². The van der Waals surface area contributed by atoms with Crippen LogP contribution in [-0.4, -0.2) is 42.4 Å². The molecule has 3 aromatic rings. The van der Waals surface area contributed by atoms with Crippen LogP contribution in [0.5, 0.6) is 0 Å². The predicted octanol–water partition coefficient (Wildman–Crippen LogP) is 5.42. The molecule has 30 heavy (non-hydrogen) atoms. The third kappa shape index (κ3) is 4.33. The molecule has 1 N–H and O–H groups in total. The SMILES string of the molecule is O=C(Nc1ccc2nc(N3CCCC3)sc2c1)c1ccccc1SC[C@H]1CCCO1. The number of benzene rings is 2. The molecule has 156 valence electrons. The van der Waals surface area contributed by atoms with Crippen LogP contribution in [0, 0.1) is 0 Å². The molecule has 5 nitrogen and oxygen atoms in total. The van der Waals surface area contributed by atoms with E-state index in [2.05, 4.69) is 10.2 Å². The van der Waals surface area contributed by atoms with Crippen molar-refractivity contribution >= 4 is 50.0 Å². The van der Waals surface area contributed by atoms with Crippen LogP contribution in [0.1, 0.15) is 36.0 Å². The van der Waals surface area contributed by atoms with Crippen molar-refractivity contribution in [2.24, 2.45) is 0 Å². The van der Waals surface area contributed by atoms with Crippen molar-refractivity contribution in [1.82, 2.24) is 4.98 Å². The fourth-order valence-electron chi connectivity index (χ4n) is 3.97. The number of nitrogens with one attached hydrogen (secondary N) is 1. The predicted molar refractivity (Wildman–Crippen MR) is 125 cm³/mol. The van der Waals surface area contributed by atoms with Crippen LogP contribution in [0.25, 0.3) is 10.2 Å². The second kappa shape index (κ2) is 8.96. The molecule has 2 aliphatic heterocycles. The van der Waals surface area contributed by atoms with Crippen molar-refractivity contribution < 1.29 is 9.53 Å². The normalized spacial score (nSPS) is 18.9. The highest BCUT2D eigenvalue weighted by Crippen LogP contribution is 2.33. The molecule has 2 saturated heterocycles. The number of ether oxygens (including phenoxy) is 1. The molecule has 3 heterocycles. The van der Waals surface area contributed by atoms with Gasteiger partial charge in [-0.25, -0.2) is 4.98 Å². The molecule has 0 unspecified atom stereocenters. The summed E-state index contributed by atoms with van der Waals surface area (Å²) in [5, 5.41) is 4.16. The number of thioether (sulfide) groups is 1. The Morgan fingerprint density at radius 1 is 1.20 bits per heavy atom. The standard InChI is InChI=1S/C23H25N3O2S2/c27-22(18-7-1-2-8-20(18)29-15-17-6-5-13-28-17)24-16-9-10-19-21(14-16)30-23(25-19)26-11-3-4-12-26/h1-2,7-10,14,17H,3-6,11-13,15H2,(H,24,27)/t17-/m1/s1. The fourth-order valence-corrected chi connectivity index (χ4v) is 6.15. The molecular formula is C23H25N3O2S2. The van der Waals surface area contributed by atoms with Crippen LogP contribution in [0.4, 0.5) is 10.8 Å². The van der Waals surface area contributed by atoms with Gasteiger partial charge in [-0.05, 0) is 56.0 Å². The number of anilines is 2. The number of fused-ring (bicyclic) bond motifs is 1. The van der Waals surface area contributed by atoms with Crippen LogP contribution >= 0.6 is 23.1 Å². The quantitative estimate of drug-likeness (QED) is 0.520. The van der Waals surface area contributed by atoms with Gasteiger partial charge in [0, 0.05) is 36.0 Å². The maximum Gasteiger partial charge on any atom is 0.256 e. The molecule has 0 aliphatic carbocycles. The number of nitrogens with zero attached hydrogens (tertiary/aromatic N) is 2. The van der Waals surface area contributed by atoms with Crippen molar-refractivity contribution in [3.05, 3.63) is 48.0 Å². The van der Waals surface area contributed by atoms with Gasteiger partial charge in [-0.2, -0.15) is 0 Å². The average molecular weight is 440 g/mol. The summed E-state index contributed by atoms with van der Waals surface area (Å²) in [6.45, 7) is 3.03. The molecule has 2 fully saturated rings. The van der Waals surface area contributed by atoms with E-state index in [0.717, 1.165) is 64.2 Å². The van der Waals surface area contributed by atoms with Crippen molar-refractivity contribution in [2.45, 2.75) is 36.7 Å². The van der Waals surface area contributed by atoms with Gasteiger partial charge in [-0.3, -0.25) is 4.79 Å². The second-order valence-electron chi connectivity index (χ2n) is 7.77. The maximum atomic E-state index is 13.0. The second-order valence-corrected chi connectivity index (χ2v) is 9.84. The van der Waals surface area contributed by atoms with Crippen LogP contribution in [0.15, 0.2) is 47.4 Å². The summed E-state index contributed by atoms with van der Waals surface area (Å²) in [7, 11) is 0. The molecule has 2 aromatic carbocycles. The lowest BCUT2D eigenvalue weighted by atomic mass is 10.2. The monoisotopic (exact) mass is 439 g/mol. The van der Waals surface area contributed by atoms with Crippen LogP contribution in [0.2, 0.25) is 0 Å². The largest absolute Gasteiger partial charge is 0.377 e. The van der Waals surface area contributed by atoms with Gasteiger partial charge in [-0.1, -0.05) is 23.5 Å². The molecule has 1 atom stereocenters. The summed E-state index contributed by atoms with van der Waals surface area (Å²) >= 11 is 3.41. The van der Waals surface area contributed by atoms with Gasteiger partial charge in [0.15, 0.2) is 5.13 Å². The van der Waals surface area contributed by atoms with E-state index in [1.807, 2.05) is 42.5 Å². The highest BCUT2D eigenvalue weighted by Gasteiger charge is 2.19. The van der Waals surface area contributed by atoms with Crippen molar-refractivity contribution in [2.75, 3.05) is 35.7 Å². The molecule has 5 rings (SSSR count).